The Labute approximate surface area is 174 Å². The van der Waals surface area contributed by atoms with E-state index in [2.05, 4.69) is 20.3 Å². The molecule has 0 amide bonds. The Hall–Kier alpha value is -1.07. The quantitative estimate of drug-likeness (QED) is 0.209. The van der Waals surface area contributed by atoms with Gasteiger partial charge in [-0.2, -0.15) is 0 Å². The van der Waals surface area contributed by atoms with Gasteiger partial charge in [-0.15, -0.1) is 24.0 Å². The Bertz CT molecular complexity index is 661. The normalized spacial score (nSPS) is 12.3. The summed E-state index contributed by atoms with van der Waals surface area (Å²) < 4.78 is 31.0. The van der Waals surface area contributed by atoms with Crippen LogP contribution < -0.4 is 20.1 Å². The Morgan fingerprint density at radius 1 is 1.19 bits per heavy atom. The van der Waals surface area contributed by atoms with Crippen LogP contribution in [0.25, 0.3) is 0 Å². The van der Waals surface area contributed by atoms with Crippen LogP contribution in [0.4, 0.5) is 0 Å². The summed E-state index contributed by atoms with van der Waals surface area (Å²) in [7, 11) is -3.28. The number of aryl methyl sites for hydroxylation is 1. The van der Waals surface area contributed by atoms with Crippen LogP contribution in [0.1, 0.15) is 26.3 Å². The fourth-order valence-electron chi connectivity index (χ4n) is 2.13. The van der Waals surface area contributed by atoms with E-state index in [1.807, 2.05) is 38.1 Å². The average Bonchev–Trinajstić information content (AvgIpc) is 2.48. The highest BCUT2D eigenvalue weighted by Gasteiger charge is 2.21. The fourth-order valence-corrected chi connectivity index (χ4v) is 3.19. The molecule has 0 aliphatic carbocycles. The lowest BCUT2D eigenvalue weighted by Crippen LogP contribution is -2.47. The highest BCUT2D eigenvalue weighted by atomic mass is 127. The van der Waals surface area contributed by atoms with Gasteiger partial charge in [0.25, 0.3) is 0 Å². The molecule has 3 N–H and O–H groups in total. The Balaban J connectivity index is 0.00000625. The van der Waals surface area contributed by atoms with Crippen LogP contribution >= 0.6 is 24.0 Å². The molecule has 0 aliphatic heterocycles. The average molecular weight is 498 g/mol. The molecule has 1 rings (SSSR count). The summed E-state index contributed by atoms with van der Waals surface area (Å²) in [5.41, 5.74) is 0.534. The maximum absolute atomic E-state index is 11.4. The molecular weight excluding hydrogens is 467 g/mol. The van der Waals surface area contributed by atoms with Crippen LogP contribution in [0.5, 0.6) is 5.75 Å². The van der Waals surface area contributed by atoms with Gasteiger partial charge in [0.2, 0.25) is 10.0 Å². The maximum atomic E-state index is 11.4. The SMILES string of the molecule is CCNC(=NCC(C)(C)NS(C)(=O)=O)NCCOc1ccc(C)cc1.I. The van der Waals surface area contributed by atoms with Crippen molar-refractivity contribution in [1.29, 1.82) is 0 Å². The van der Waals surface area contributed by atoms with Gasteiger partial charge in [-0.25, -0.2) is 13.1 Å². The van der Waals surface area contributed by atoms with E-state index in [1.54, 1.807) is 13.8 Å². The van der Waals surface area contributed by atoms with E-state index in [-0.39, 0.29) is 24.0 Å². The third-order valence-electron chi connectivity index (χ3n) is 3.12. The van der Waals surface area contributed by atoms with Gasteiger partial charge in [0.1, 0.15) is 12.4 Å². The zero-order chi connectivity index (χ0) is 18.9. The number of hydrogen-bond donors (Lipinski definition) is 3. The van der Waals surface area contributed by atoms with Crippen molar-refractivity contribution in [3.05, 3.63) is 29.8 Å². The molecule has 0 heterocycles. The molecule has 0 bridgehead atoms. The molecule has 0 aliphatic rings. The maximum Gasteiger partial charge on any atom is 0.209 e. The number of hydrogen-bond acceptors (Lipinski definition) is 4. The molecule has 0 saturated heterocycles. The zero-order valence-electron chi connectivity index (χ0n) is 16.1. The molecule has 0 saturated carbocycles. The number of guanidine groups is 1. The first kappa shape index (κ1) is 24.9. The molecule has 0 unspecified atom stereocenters. The first-order chi connectivity index (χ1) is 11.6. The lowest BCUT2D eigenvalue weighted by atomic mass is 10.1. The van der Waals surface area contributed by atoms with Crippen molar-refractivity contribution in [2.75, 3.05) is 32.5 Å². The number of rotatable bonds is 9. The van der Waals surface area contributed by atoms with Gasteiger partial charge < -0.3 is 15.4 Å². The van der Waals surface area contributed by atoms with Crippen LogP contribution in [-0.2, 0) is 10.0 Å². The van der Waals surface area contributed by atoms with Crippen molar-refractivity contribution < 1.29 is 13.2 Å². The van der Waals surface area contributed by atoms with Crippen LogP contribution in [0.2, 0.25) is 0 Å². The van der Waals surface area contributed by atoms with Crippen LogP contribution in [0.3, 0.4) is 0 Å². The predicted molar refractivity (Wildman–Crippen MR) is 118 cm³/mol. The molecular formula is C17H31IN4O3S. The van der Waals surface area contributed by atoms with E-state index in [1.165, 1.54) is 5.56 Å². The molecule has 0 spiro atoms. The first-order valence-electron chi connectivity index (χ1n) is 8.32. The molecule has 7 nitrogen and oxygen atoms in total. The van der Waals surface area contributed by atoms with Crippen molar-refractivity contribution in [1.82, 2.24) is 15.4 Å². The smallest absolute Gasteiger partial charge is 0.209 e. The van der Waals surface area contributed by atoms with Gasteiger partial charge in [0.15, 0.2) is 5.96 Å². The van der Waals surface area contributed by atoms with Crippen molar-refractivity contribution in [2.24, 2.45) is 4.99 Å². The summed E-state index contributed by atoms with van der Waals surface area (Å²) >= 11 is 0. The molecule has 0 fully saturated rings. The van der Waals surface area contributed by atoms with E-state index >= 15 is 0 Å². The zero-order valence-corrected chi connectivity index (χ0v) is 19.3. The van der Waals surface area contributed by atoms with Crippen molar-refractivity contribution in [2.45, 2.75) is 33.2 Å². The minimum Gasteiger partial charge on any atom is -0.492 e. The second kappa shape index (κ2) is 11.6. The second-order valence-electron chi connectivity index (χ2n) is 6.54. The Kier molecular flexibility index (Phi) is 11.1. The molecule has 0 atom stereocenters. The van der Waals surface area contributed by atoms with Crippen LogP contribution in [-0.4, -0.2) is 52.4 Å². The fraction of sp³-hybridized carbons (Fsp3) is 0.588. The van der Waals surface area contributed by atoms with Gasteiger partial charge in [0, 0.05) is 12.1 Å². The largest absolute Gasteiger partial charge is 0.492 e. The summed E-state index contributed by atoms with van der Waals surface area (Å²) in [4.78, 5) is 4.44. The van der Waals surface area contributed by atoms with Gasteiger partial charge in [0.05, 0.1) is 19.3 Å². The topological polar surface area (TPSA) is 91.8 Å². The van der Waals surface area contributed by atoms with Gasteiger partial charge >= 0.3 is 0 Å². The van der Waals surface area contributed by atoms with E-state index in [4.69, 9.17) is 4.74 Å². The van der Waals surface area contributed by atoms with Gasteiger partial charge in [-0.3, -0.25) is 4.99 Å². The number of aliphatic imine (C=N–C) groups is 1. The predicted octanol–water partition coefficient (Wildman–Crippen LogP) is 1.87. The standard InChI is InChI=1S/C17H30N4O3S.HI/c1-6-18-16(20-13-17(3,4)21-25(5,22)23)19-11-12-24-15-9-7-14(2)8-10-15;/h7-10,21H,6,11-13H2,1-5H3,(H2,18,19,20);1H. The summed E-state index contributed by atoms with van der Waals surface area (Å²) in [6, 6.07) is 7.89. The molecule has 0 aromatic heterocycles. The first-order valence-corrected chi connectivity index (χ1v) is 10.2. The monoisotopic (exact) mass is 498 g/mol. The molecule has 26 heavy (non-hydrogen) atoms. The number of nitrogens with one attached hydrogen (secondary N) is 3. The van der Waals surface area contributed by atoms with E-state index in [9.17, 15) is 8.42 Å². The number of sulfonamides is 1. The van der Waals surface area contributed by atoms with Crippen LogP contribution in [0.15, 0.2) is 29.3 Å². The summed E-state index contributed by atoms with van der Waals surface area (Å²) in [6.45, 7) is 9.70. The van der Waals surface area contributed by atoms with Crippen molar-refractivity contribution in [3.8, 4) is 5.75 Å². The van der Waals surface area contributed by atoms with Crippen LogP contribution in [0, 0.1) is 6.92 Å². The highest BCUT2D eigenvalue weighted by molar-refractivity contribution is 14.0. The number of halogens is 1. The minimum atomic E-state index is -3.28. The molecule has 150 valence electrons. The van der Waals surface area contributed by atoms with E-state index < -0.39 is 15.6 Å². The highest BCUT2D eigenvalue weighted by Crippen LogP contribution is 2.10. The van der Waals surface area contributed by atoms with E-state index in [0.717, 1.165) is 12.0 Å². The van der Waals surface area contributed by atoms with Crippen molar-refractivity contribution in [3.63, 3.8) is 0 Å². The lowest BCUT2D eigenvalue weighted by Gasteiger charge is -2.23. The molecule has 1 aromatic carbocycles. The third-order valence-corrected chi connectivity index (χ3v) is 4.05. The minimum absolute atomic E-state index is 0. The summed E-state index contributed by atoms with van der Waals surface area (Å²) in [5, 5.41) is 6.30. The Morgan fingerprint density at radius 2 is 1.81 bits per heavy atom. The summed E-state index contributed by atoms with van der Waals surface area (Å²) in [6.07, 6.45) is 1.14. The van der Waals surface area contributed by atoms with Gasteiger partial charge in [-0.05, 0) is 39.8 Å². The van der Waals surface area contributed by atoms with Gasteiger partial charge in [-0.1, -0.05) is 17.7 Å². The molecule has 1 aromatic rings. The number of nitrogens with zero attached hydrogens (tertiary/aromatic N) is 1. The lowest BCUT2D eigenvalue weighted by molar-refractivity contribution is 0.322. The number of ether oxygens (including phenoxy) is 1. The van der Waals surface area contributed by atoms with E-state index in [0.29, 0.717) is 32.2 Å². The molecule has 0 radical (unpaired) electrons. The third kappa shape index (κ3) is 11.5. The summed E-state index contributed by atoms with van der Waals surface area (Å²) in [5.74, 6) is 1.45. The van der Waals surface area contributed by atoms with Crippen molar-refractivity contribution >= 4 is 40.0 Å². The number of benzene rings is 1. The Morgan fingerprint density at radius 3 is 2.35 bits per heavy atom. The molecule has 9 heteroatoms. The second-order valence-corrected chi connectivity index (χ2v) is 8.29.